The van der Waals surface area contributed by atoms with Crippen LogP contribution >= 0.6 is 11.6 Å². The number of hydrogen-bond acceptors (Lipinski definition) is 4. The molecule has 0 radical (unpaired) electrons. The maximum absolute atomic E-state index is 10.4. The van der Waals surface area contributed by atoms with Crippen LogP contribution in [0.3, 0.4) is 0 Å². The lowest BCUT2D eigenvalue weighted by Crippen LogP contribution is -2.06. The second-order valence-electron chi connectivity index (χ2n) is 2.92. The van der Waals surface area contributed by atoms with Crippen molar-refractivity contribution in [3.05, 3.63) is 38.9 Å². The molecular formula is C9H8ClNO5. The number of carboxylic acids is 1. The quantitative estimate of drug-likeness (QED) is 0.632. The highest BCUT2D eigenvalue weighted by Gasteiger charge is 2.09. The van der Waals surface area contributed by atoms with Crippen LogP contribution in [0.5, 0.6) is 0 Å². The zero-order valence-corrected chi connectivity index (χ0v) is 8.81. The third-order valence-electron chi connectivity index (χ3n) is 1.73. The molecule has 0 atom stereocenters. The number of ether oxygens (including phenoxy) is 1. The summed E-state index contributed by atoms with van der Waals surface area (Å²) in [5.74, 6) is -1.09. The fourth-order valence-electron chi connectivity index (χ4n) is 1.02. The monoisotopic (exact) mass is 245 g/mol. The van der Waals surface area contributed by atoms with E-state index in [4.69, 9.17) is 21.4 Å². The Morgan fingerprint density at radius 3 is 2.75 bits per heavy atom. The van der Waals surface area contributed by atoms with Gasteiger partial charge >= 0.3 is 5.97 Å². The number of rotatable bonds is 5. The molecule has 0 aliphatic carbocycles. The molecule has 1 aromatic carbocycles. The molecule has 0 heterocycles. The van der Waals surface area contributed by atoms with Crippen molar-refractivity contribution in [1.29, 1.82) is 0 Å². The van der Waals surface area contributed by atoms with Crippen molar-refractivity contribution in [3.63, 3.8) is 0 Å². The van der Waals surface area contributed by atoms with Gasteiger partial charge in [-0.05, 0) is 11.6 Å². The molecule has 1 rings (SSSR count). The first kappa shape index (κ1) is 12.4. The van der Waals surface area contributed by atoms with Gasteiger partial charge in [0.05, 0.1) is 16.6 Å². The molecule has 1 aromatic rings. The molecule has 0 aliphatic rings. The summed E-state index contributed by atoms with van der Waals surface area (Å²) in [5, 5.41) is 18.9. The molecule has 1 N–H and O–H groups in total. The summed E-state index contributed by atoms with van der Waals surface area (Å²) in [4.78, 5) is 20.0. The summed E-state index contributed by atoms with van der Waals surface area (Å²) in [6.07, 6.45) is 0. The van der Waals surface area contributed by atoms with Crippen LogP contribution in [0.4, 0.5) is 5.69 Å². The summed E-state index contributed by atoms with van der Waals surface area (Å²) in [5.41, 5.74) is 0.389. The van der Waals surface area contributed by atoms with Crippen molar-refractivity contribution >= 4 is 23.3 Å². The number of nitro groups is 1. The average molecular weight is 246 g/mol. The first-order chi connectivity index (χ1) is 7.50. The van der Waals surface area contributed by atoms with Gasteiger partial charge in [-0.3, -0.25) is 10.1 Å². The first-order valence-electron chi connectivity index (χ1n) is 4.23. The molecule has 0 spiro atoms. The van der Waals surface area contributed by atoms with Crippen molar-refractivity contribution < 1.29 is 19.6 Å². The average Bonchev–Trinajstić information content (AvgIpc) is 2.19. The Labute approximate surface area is 95.6 Å². The Bertz CT molecular complexity index is 420. The molecular weight excluding hydrogens is 238 g/mol. The second kappa shape index (κ2) is 5.43. The number of hydrogen-bond donors (Lipinski definition) is 1. The summed E-state index contributed by atoms with van der Waals surface area (Å²) in [7, 11) is 0. The van der Waals surface area contributed by atoms with Crippen molar-refractivity contribution in [2.45, 2.75) is 6.61 Å². The van der Waals surface area contributed by atoms with Gasteiger partial charge in [0.25, 0.3) is 5.69 Å². The zero-order chi connectivity index (χ0) is 12.1. The van der Waals surface area contributed by atoms with Gasteiger partial charge in [-0.25, -0.2) is 4.79 Å². The maximum Gasteiger partial charge on any atom is 0.329 e. The van der Waals surface area contributed by atoms with E-state index in [9.17, 15) is 14.9 Å². The Hall–Kier alpha value is -1.66. The summed E-state index contributed by atoms with van der Waals surface area (Å²) >= 11 is 5.76. The van der Waals surface area contributed by atoms with Gasteiger partial charge in [-0.1, -0.05) is 11.6 Å². The second-order valence-corrected chi connectivity index (χ2v) is 3.33. The lowest BCUT2D eigenvalue weighted by Gasteiger charge is -2.03. The van der Waals surface area contributed by atoms with Crippen LogP contribution in [0, 0.1) is 10.1 Å². The Balaban J connectivity index is 2.68. The van der Waals surface area contributed by atoms with E-state index in [1.165, 1.54) is 18.2 Å². The normalized spacial score (nSPS) is 10.1. The highest BCUT2D eigenvalue weighted by molar-refractivity contribution is 6.31. The molecule has 0 bridgehead atoms. The minimum atomic E-state index is -1.09. The standard InChI is InChI=1S/C9H8ClNO5/c10-8-3-7(11(14)15)2-1-6(8)4-16-5-9(12)13/h1-3H,4-5H2,(H,12,13). The van der Waals surface area contributed by atoms with Crippen LogP contribution in [-0.2, 0) is 16.1 Å². The number of aliphatic carboxylic acids is 1. The SMILES string of the molecule is O=C(O)COCc1ccc([N+](=O)[O-])cc1Cl. The molecule has 7 heteroatoms. The zero-order valence-electron chi connectivity index (χ0n) is 8.05. The number of nitrogens with zero attached hydrogens (tertiary/aromatic N) is 1. The Morgan fingerprint density at radius 2 is 2.25 bits per heavy atom. The fraction of sp³-hybridized carbons (Fsp3) is 0.222. The molecule has 0 saturated heterocycles. The molecule has 16 heavy (non-hydrogen) atoms. The van der Waals surface area contributed by atoms with Crippen molar-refractivity contribution in [2.75, 3.05) is 6.61 Å². The van der Waals surface area contributed by atoms with Crippen LogP contribution in [0.2, 0.25) is 5.02 Å². The minimum absolute atomic E-state index is 0.00310. The number of non-ortho nitro benzene ring substituents is 1. The van der Waals surface area contributed by atoms with Gasteiger partial charge in [-0.2, -0.15) is 0 Å². The summed E-state index contributed by atoms with van der Waals surface area (Å²) in [6.45, 7) is -0.434. The van der Waals surface area contributed by atoms with E-state index in [0.29, 0.717) is 5.56 Å². The maximum atomic E-state index is 10.4. The number of carbonyl (C=O) groups is 1. The van der Waals surface area contributed by atoms with E-state index >= 15 is 0 Å². The van der Waals surface area contributed by atoms with E-state index in [1.54, 1.807) is 0 Å². The smallest absolute Gasteiger partial charge is 0.329 e. The van der Waals surface area contributed by atoms with Gasteiger partial charge in [0, 0.05) is 12.1 Å². The molecule has 86 valence electrons. The van der Waals surface area contributed by atoms with Crippen molar-refractivity contribution in [2.24, 2.45) is 0 Å². The van der Waals surface area contributed by atoms with Gasteiger partial charge in [0.2, 0.25) is 0 Å². The number of benzene rings is 1. The predicted octanol–water partition coefficient (Wildman–Crippen LogP) is 1.85. The largest absolute Gasteiger partial charge is 0.480 e. The molecule has 0 amide bonds. The number of carboxylic acid groups (broad SMARTS) is 1. The van der Waals surface area contributed by atoms with Crippen LogP contribution < -0.4 is 0 Å². The predicted molar refractivity (Wildman–Crippen MR) is 55.4 cm³/mol. The van der Waals surface area contributed by atoms with Gasteiger partial charge in [0.15, 0.2) is 0 Å². The summed E-state index contributed by atoms with van der Waals surface area (Å²) < 4.78 is 4.81. The number of halogens is 1. The Kier molecular flexibility index (Phi) is 4.21. The molecule has 0 unspecified atom stereocenters. The molecule has 6 nitrogen and oxygen atoms in total. The molecule has 0 saturated carbocycles. The first-order valence-corrected chi connectivity index (χ1v) is 4.61. The van der Waals surface area contributed by atoms with Gasteiger partial charge in [-0.15, -0.1) is 0 Å². The van der Waals surface area contributed by atoms with Crippen LogP contribution in [0.25, 0.3) is 0 Å². The van der Waals surface area contributed by atoms with Crippen molar-refractivity contribution in [1.82, 2.24) is 0 Å². The van der Waals surface area contributed by atoms with Crippen LogP contribution in [0.15, 0.2) is 18.2 Å². The third-order valence-corrected chi connectivity index (χ3v) is 2.08. The lowest BCUT2D eigenvalue weighted by atomic mass is 10.2. The van der Waals surface area contributed by atoms with E-state index < -0.39 is 17.5 Å². The number of nitro benzene ring substituents is 1. The van der Waals surface area contributed by atoms with Crippen LogP contribution in [0.1, 0.15) is 5.56 Å². The van der Waals surface area contributed by atoms with Gasteiger partial charge < -0.3 is 9.84 Å². The lowest BCUT2D eigenvalue weighted by molar-refractivity contribution is -0.384. The highest BCUT2D eigenvalue weighted by Crippen LogP contribution is 2.22. The topological polar surface area (TPSA) is 89.7 Å². The van der Waals surface area contributed by atoms with E-state index in [0.717, 1.165) is 0 Å². The highest BCUT2D eigenvalue weighted by atomic mass is 35.5. The molecule has 0 fully saturated rings. The van der Waals surface area contributed by atoms with Crippen molar-refractivity contribution in [3.8, 4) is 0 Å². The van der Waals surface area contributed by atoms with Gasteiger partial charge in [0.1, 0.15) is 6.61 Å². The van der Waals surface area contributed by atoms with Crippen LogP contribution in [-0.4, -0.2) is 22.6 Å². The third kappa shape index (κ3) is 3.48. The van der Waals surface area contributed by atoms with E-state index in [1.807, 2.05) is 0 Å². The van der Waals surface area contributed by atoms with E-state index in [-0.39, 0.29) is 17.3 Å². The molecule has 0 aliphatic heterocycles. The summed E-state index contributed by atoms with van der Waals surface area (Å²) in [6, 6.07) is 3.91. The Morgan fingerprint density at radius 1 is 1.56 bits per heavy atom. The fourth-order valence-corrected chi connectivity index (χ4v) is 1.24. The van der Waals surface area contributed by atoms with E-state index in [2.05, 4.69) is 0 Å². The minimum Gasteiger partial charge on any atom is -0.480 e. The molecule has 0 aromatic heterocycles.